The summed E-state index contributed by atoms with van der Waals surface area (Å²) in [6, 6.07) is 12.2. The Morgan fingerprint density at radius 1 is 1.18 bits per heavy atom. The molecule has 0 radical (unpaired) electrons. The summed E-state index contributed by atoms with van der Waals surface area (Å²) < 4.78 is 26.6. The van der Waals surface area contributed by atoms with E-state index in [1.165, 1.54) is 17.9 Å². The second-order valence-corrected chi connectivity index (χ2v) is 16.0. The number of carbonyl (C=O) groups is 2. The molecular weight excluding hydrogens is 505 g/mol. The van der Waals surface area contributed by atoms with Crippen molar-refractivity contribution < 1.29 is 28.0 Å². The van der Waals surface area contributed by atoms with Crippen molar-refractivity contribution in [3.8, 4) is 11.1 Å². The first-order chi connectivity index (χ1) is 17.8. The van der Waals surface area contributed by atoms with E-state index in [1.807, 2.05) is 30.3 Å². The number of cyclic esters (lactones) is 1. The van der Waals surface area contributed by atoms with Gasteiger partial charge in [-0.1, -0.05) is 45.0 Å². The molecule has 2 aliphatic heterocycles. The Balaban J connectivity index is 1.40. The average Bonchev–Trinajstić information content (AvgIpc) is 3.47. The summed E-state index contributed by atoms with van der Waals surface area (Å²) in [6.07, 6.45) is 0.775. The summed E-state index contributed by atoms with van der Waals surface area (Å²) in [5.74, 6) is -0.651. The summed E-state index contributed by atoms with van der Waals surface area (Å²) in [4.78, 5) is 30.4. The third-order valence-electron chi connectivity index (χ3n) is 7.31. The van der Waals surface area contributed by atoms with Crippen LogP contribution in [0.3, 0.4) is 0 Å². The minimum atomic E-state index is -1.87. The molecule has 0 spiro atoms. The van der Waals surface area contributed by atoms with Gasteiger partial charge in [0.05, 0.1) is 31.1 Å². The summed E-state index contributed by atoms with van der Waals surface area (Å²) in [7, 11) is -1.87. The first-order valence-corrected chi connectivity index (χ1v) is 15.7. The van der Waals surface area contributed by atoms with Crippen LogP contribution in [0.5, 0.6) is 0 Å². The number of rotatable bonds is 8. The molecule has 2 aromatic rings. The number of anilines is 1. The Kier molecular flexibility index (Phi) is 7.96. The second-order valence-electron chi connectivity index (χ2n) is 11.2. The van der Waals surface area contributed by atoms with Crippen LogP contribution in [-0.2, 0) is 18.8 Å². The van der Waals surface area contributed by atoms with E-state index in [1.54, 1.807) is 12.1 Å². The standard InChI is InChI=1S/C28H36FN3O5Si/c1-18(33)30-15-23-16-32(27(34)36-23)21-11-12-24(25(29)13-21)19-7-9-20(10-8-19)26-14-22(37-31-26)17-35-38(5,6)28(2,3)4/h7-14,22-23,31H,15-17H2,1-6H3,(H,30,33)/t22?,23-/m0/s1. The van der Waals surface area contributed by atoms with Gasteiger partial charge in [0.2, 0.25) is 5.91 Å². The molecule has 8 nitrogen and oxygen atoms in total. The maximum absolute atomic E-state index is 15.1. The van der Waals surface area contributed by atoms with Crippen LogP contribution in [0.25, 0.3) is 16.8 Å². The number of ether oxygens (including phenoxy) is 1. The van der Waals surface area contributed by atoms with E-state index >= 15 is 4.39 Å². The quantitative estimate of drug-likeness (QED) is 0.446. The number of hydrogen-bond acceptors (Lipinski definition) is 6. The fraction of sp³-hybridized carbons (Fsp3) is 0.429. The lowest BCUT2D eigenvalue weighted by Gasteiger charge is -2.36. The molecule has 2 heterocycles. The van der Waals surface area contributed by atoms with Gasteiger partial charge in [0.15, 0.2) is 8.32 Å². The van der Waals surface area contributed by atoms with Crippen LogP contribution in [0.1, 0.15) is 33.3 Å². The van der Waals surface area contributed by atoms with Crippen LogP contribution in [0, 0.1) is 5.82 Å². The molecule has 0 saturated carbocycles. The lowest BCUT2D eigenvalue weighted by Crippen LogP contribution is -2.42. The maximum Gasteiger partial charge on any atom is 0.414 e. The zero-order chi connectivity index (χ0) is 27.7. The zero-order valence-corrected chi connectivity index (χ0v) is 23.8. The number of carbonyl (C=O) groups excluding carboxylic acids is 2. The van der Waals surface area contributed by atoms with Gasteiger partial charge in [-0.15, -0.1) is 0 Å². The lowest BCUT2D eigenvalue weighted by molar-refractivity contribution is -0.119. The van der Waals surface area contributed by atoms with E-state index in [0.717, 1.165) is 11.3 Å². The van der Waals surface area contributed by atoms with Crippen LogP contribution in [0.4, 0.5) is 14.9 Å². The minimum absolute atomic E-state index is 0.128. The third kappa shape index (κ3) is 6.25. The van der Waals surface area contributed by atoms with Gasteiger partial charge < -0.3 is 14.5 Å². The number of nitrogens with one attached hydrogen (secondary N) is 2. The van der Waals surface area contributed by atoms with Gasteiger partial charge in [-0.3, -0.25) is 20.0 Å². The highest BCUT2D eigenvalue weighted by Gasteiger charge is 2.38. The molecule has 10 heteroatoms. The summed E-state index contributed by atoms with van der Waals surface area (Å²) in [5, 5.41) is 2.76. The molecule has 204 valence electrons. The van der Waals surface area contributed by atoms with Gasteiger partial charge in [0.25, 0.3) is 0 Å². The van der Waals surface area contributed by atoms with E-state index < -0.39 is 26.3 Å². The molecule has 2 atom stereocenters. The Morgan fingerprint density at radius 3 is 2.50 bits per heavy atom. The van der Waals surface area contributed by atoms with E-state index in [0.29, 0.717) is 23.4 Å². The van der Waals surface area contributed by atoms with Crippen LogP contribution in [0.15, 0.2) is 48.5 Å². The number of halogens is 1. The van der Waals surface area contributed by atoms with Crippen molar-refractivity contribution in [3.63, 3.8) is 0 Å². The fourth-order valence-electron chi connectivity index (χ4n) is 3.97. The molecule has 2 aromatic carbocycles. The molecule has 2 amide bonds. The first-order valence-electron chi connectivity index (χ1n) is 12.7. The van der Waals surface area contributed by atoms with Crippen LogP contribution >= 0.6 is 0 Å². The van der Waals surface area contributed by atoms with Crippen molar-refractivity contribution in [2.24, 2.45) is 0 Å². The topological polar surface area (TPSA) is 89.1 Å². The van der Waals surface area contributed by atoms with Crippen molar-refractivity contribution in [3.05, 3.63) is 59.9 Å². The molecule has 1 unspecified atom stereocenters. The molecular formula is C28H36FN3O5Si. The predicted octanol–water partition coefficient (Wildman–Crippen LogP) is 5.22. The molecule has 0 aliphatic carbocycles. The van der Waals surface area contributed by atoms with E-state index in [2.05, 4.69) is 44.7 Å². The van der Waals surface area contributed by atoms with Gasteiger partial charge in [-0.25, -0.2) is 9.18 Å². The Labute approximate surface area is 224 Å². The second kappa shape index (κ2) is 10.9. The number of benzene rings is 2. The summed E-state index contributed by atoms with van der Waals surface area (Å²) in [5.41, 5.74) is 6.29. The number of hydrogen-bond donors (Lipinski definition) is 2. The highest BCUT2D eigenvalue weighted by molar-refractivity contribution is 6.74. The normalized spacial score (nSPS) is 19.7. The van der Waals surface area contributed by atoms with E-state index in [-0.39, 0.29) is 30.1 Å². The van der Waals surface area contributed by atoms with Crippen LogP contribution < -0.4 is 15.7 Å². The number of hydroxylamine groups is 1. The van der Waals surface area contributed by atoms with Gasteiger partial charge in [0, 0.05) is 12.5 Å². The largest absolute Gasteiger partial charge is 0.442 e. The van der Waals surface area contributed by atoms with E-state index in [4.69, 9.17) is 14.0 Å². The molecule has 38 heavy (non-hydrogen) atoms. The van der Waals surface area contributed by atoms with Gasteiger partial charge in [-0.2, -0.15) is 0 Å². The lowest BCUT2D eigenvalue weighted by atomic mass is 10.0. The molecule has 1 saturated heterocycles. The van der Waals surface area contributed by atoms with Crippen molar-refractivity contribution >= 4 is 31.7 Å². The Hall–Kier alpha value is -3.21. The zero-order valence-electron chi connectivity index (χ0n) is 22.8. The highest BCUT2D eigenvalue weighted by atomic mass is 28.4. The smallest absolute Gasteiger partial charge is 0.414 e. The average molecular weight is 542 g/mol. The molecule has 0 bridgehead atoms. The number of amides is 2. The van der Waals surface area contributed by atoms with Crippen molar-refractivity contribution in [1.82, 2.24) is 10.8 Å². The Morgan fingerprint density at radius 2 is 1.87 bits per heavy atom. The predicted molar refractivity (Wildman–Crippen MR) is 147 cm³/mol. The molecule has 1 fully saturated rings. The Bertz CT molecular complexity index is 1230. The van der Waals surface area contributed by atoms with Crippen LogP contribution in [0.2, 0.25) is 18.1 Å². The maximum atomic E-state index is 15.1. The van der Waals surface area contributed by atoms with Gasteiger partial charge in [0.1, 0.15) is 18.0 Å². The molecule has 2 aliphatic rings. The molecule has 2 N–H and O–H groups in total. The molecule has 0 aromatic heterocycles. The van der Waals surface area contributed by atoms with Gasteiger partial charge in [-0.05, 0) is 53.5 Å². The summed E-state index contributed by atoms with van der Waals surface area (Å²) >= 11 is 0. The minimum Gasteiger partial charge on any atom is -0.442 e. The highest BCUT2D eigenvalue weighted by Crippen LogP contribution is 2.37. The fourth-order valence-corrected chi connectivity index (χ4v) is 4.98. The van der Waals surface area contributed by atoms with Crippen molar-refractivity contribution in [2.45, 2.75) is 58.0 Å². The third-order valence-corrected chi connectivity index (χ3v) is 11.8. The number of nitrogens with zero attached hydrogens (tertiary/aromatic N) is 1. The monoisotopic (exact) mass is 541 g/mol. The van der Waals surface area contributed by atoms with E-state index in [9.17, 15) is 9.59 Å². The first kappa shape index (κ1) is 27.8. The summed E-state index contributed by atoms with van der Waals surface area (Å²) in [6.45, 7) is 13.4. The van der Waals surface area contributed by atoms with Crippen LogP contribution in [-0.4, -0.2) is 52.2 Å². The SMILES string of the molecule is CC(=O)NC[C@H]1CN(c2ccc(-c3ccc(C4=CC(CO[Si](C)(C)C(C)(C)C)ON4)cc3)c(F)c2)C(=O)O1. The van der Waals surface area contributed by atoms with Gasteiger partial charge >= 0.3 is 6.09 Å². The van der Waals surface area contributed by atoms with Crippen molar-refractivity contribution in [2.75, 3.05) is 24.6 Å². The van der Waals surface area contributed by atoms with Crippen molar-refractivity contribution in [1.29, 1.82) is 0 Å². The molecule has 4 rings (SSSR count).